The largest absolute Gasteiger partial charge is 0.481 e. The molecule has 0 spiro atoms. The Morgan fingerprint density at radius 3 is 2.68 bits per heavy atom. The Hall–Kier alpha value is -3.85. The van der Waals surface area contributed by atoms with E-state index >= 15 is 0 Å². The molecule has 4 aromatic rings. The Kier molecular flexibility index (Phi) is 7.64. The van der Waals surface area contributed by atoms with Gasteiger partial charge < -0.3 is 4.74 Å². The van der Waals surface area contributed by atoms with E-state index in [0.29, 0.717) is 26.8 Å². The van der Waals surface area contributed by atoms with Crippen molar-refractivity contribution in [1.82, 2.24) is 9.66 Å². The molecule has 0 radical (unpaired) electrons. The van der Waals surface area contributed by atoms with Crippen LogP contribution in [-0.2, 0) is 6.61 Å². The van der Waals surface area contributed by atoms with Crippen LogP contribution in [-0.4, -0.2) is 20.8 Å². The molecule has 0 atom stereocenters. The Balaban J connectivity index is 1.51. The minimum Gasteiger partial charge on any atom is -0.481 e. The van der Waals surface area contributed by atoms with Crippen LogP contribution in [0.15, 0.2) is 75.0 Å². The smallest absolute Gasteiger partial charge is 0.312 e. The Bertz CT molecular complexity index is 1590. The van der Waals surface area contributed by atoms with Gasteiger partial charge in [-0.25, -0.2) is 4.98 Å². The maximum atomic E-state index is 13.4. The van der Waals surface area contributed by atoms with Gasteiger partial charge in [0.2, 0.25) is 5.75 Å². The zero-order valence-corrected chi connectivity index (χ0v) is 22.6. The number of nitro groups is 1. The van der Waals surface area contributed by atoms with E-state index in [-0.39, 0.29) is 29.5 Å². The highest BCUT2D eigenvalue weighted by atomic mass is 79.9. The maximum Gasteiger partial charge on any atom is 0.312 e. The van der Waals surface area contributed by atoms with Crippen molar-refractivity contribution in [2.24, 2.45) is 5.10 Å². The Morgan fingerprint density at radius 1 is 1.13 bits per heavy atom. The van der Waals surface area contributed by atoms with Crippen LogP contribution in [0, 0.1) is 17.0 Å². The number of para-hydroxylation sites is 1. The highest BCUT2D eigenvalue weighted by Gasteiger charge is 2.23. The summed E-state index contributed by atoms with van der Waals surface area (Å²) >= 11 is 3.43. The van der Waals surface area contributed by atoms with Gasteiger partial charge in [0.1, 0.15) is 12.4 Å². The van der Waals surface area contributed by atoms with Gasteiger partial charge >= 0.3 is 5.69 Å². The van der Waals surface area contributed by atoms with Crippen molar-refractivity contribution >= 4 is 38.7 Å². The summed E-state index contributed by atoms with van der Waals surface area (Å²) in [4.78, 5) is 29.7. The Labute approximate surface area is 228 Å². The predicted molar refractivity (Wildman–Crippen MR) is 151 cm³/mol. The molecule has 194 valence electrons. The van der Waals surface area contributed by atoms with Crippen LogP contribution >= 0.6 is 15.9 Å². The summed E-state index contributed by atoms with van der Waals surface area (Å²) in [5.41, 5.74) is 2.66. The number of nitro benzene ring substituents is 1. The fourth-order valence-electron chi connectivity index (χ4n) is 4.91. The molecule has 0 N–H and O–H groups in total. The van der Waals surface area contributed by atoms with E-state index in [1.807, 2.05) is 43.3 Å². The Morgan fingerprint density at radius 2 is 1.92 bits per heavy atom. The SMILES string of the molecule is Cc1cccc(COc2c(Br)cc(C=Nn3c(C4CCCCC4)nc4ccccc4c3=O)cc2[N+](=O)[O-])c1. The van der Waals surface area contributed by atoms with Crippen LogP contribution in [0.4, 0.5) is 5.69 Å². The molecular weight excluding hydrogens is 548 g/mol. The monoisotopic (exact) mass is 574 g/mol. The van der Waals surface area contributed by atoms with Crippen molar-refractivity contribution in [3.8, 4) is 5.75 Å². The lowest BCUT2D eigenvalue weighted by Crippen LogP contribution is -2.25. The lowest BCUT2D eigenvalue weighted by Gasteiger charge is -2.22. The number of halogens is 1. The van der Waals surface area contributed by atoms with Crippen LogP contribution < -0.4 is 10.3 Å². The molecule has 1 aliphatic rings. The van der Waals surface area contributed by atoms with E-state index in [0.717, 1.165) is 36.8 Å². The predicted octanol–water partition coefficient (Wildman–Crippen LogP) is 6.88. The standard InChI is InChI=1S/C29H27BrN4O4/c1-19-8-7-9-20(14-19)18-38-27-24(30)15-21(16-26(27)34(36)37)17-31-33-28(22-10-3-2-4-11-22)32-25-13-6-5-12-23(25)29(33)35/h5-9,12-17,22H,2-4,10-11,18H2,1H3. The molecule has 8 nitrogen and oxygen atoms in total. The van der Waals surface area contributed by atoms with Gasteiger partial charge in [-0.3, -0.25) is 14.9 Å². The fraction of sp³-hybridized carbons (Fsp3) is 0.276. The zero-order chi connectivity index (χ0) is 26.6. The fourth-order valence-corrected chi connectivity index (χ4v) is 5.49. The van der Waals surface area contributed by atoms with Gasteiger partial charge in [0, 0.05) is 17.5 Å². The van der Waals surface area contributed by atoms with Gasteiger partial charge in [-0.1, -0.05) is 61.2 Å². The second kappa shape index (κ2) is 11.3. The third kappa shape index (κ3) is 5.52. The normalized spacial score (nSPS) is 14.3. The molecule has 1 fully saturated rings. The summed E-state index contributed by atoms with van der Waals surface area (Å²) in [7, 11) is 0. The molecule has 5 rings (SSSR count). The van der Waals surface area contributed by atoms with Crippen molar-refractivity contribution in [3.63, 3.8) is 0 Å². The molecule has 1 aromatic heterocycles. The first-order valence-electron chi connectivity index (χ1n) is 12.6. The van der Waals surface area contributed by atoms with E-state index in [2.05, 4.69) is 21.0 Å². The number of fused-ring (bicyclic) bond motifs is 1. The van der Waals surface area contributed by atoms with Gasteiger partial charge in [0.15, 0.2) is 0 Å². The molecule has 38 heavy (non-hydrogen) atoms. The first-order valence-corrected chi connectivity index (χ1v) is 13.4. The highest BCUT2D eigenvalue weighted by Crippen LogP contribution is 2.37. The molecule has 0 saturated heterocycles. The van der Waals surface area contributed by atoms with E-state index in [1.165, 1.54) is 23.4 Å². The number of hydrogen-bond donors (Lipinski definition) is 0. The number of benzene rings is 3. The average molecular weight is 575 g/mol. The summed E-state index contributed by atoms with van der Waals surface area (Å²) in [6, 6.07) is 18.1. The van der Waals surface area contributed by atoms with Crippen LogP contribution in [0.5, 0.6) is 5.75 Å². The summed E-state index contributed by atoms with van der Waals surface area (Å²) in [5, 5.41) is 16.9. The molecule has 9 heteroatoms. The second-order valence-corrected chi connectivity index (χ2v) is 10.4. The maximum absolute atomic E-state index is 13.4. The molecule has 1 aliphatic carbocycles. The number of rotatable bonds is 7. The van der Waals surface area contributed by atoms with Gasteiger partial charge in [-0.15, -0.1) is 0 Å². The van der Waals surface area contributed by atoms with Gasteiger partial charge in [0.25, 0.3) is 5.56 Å². The van der Waals surface area contributed by atoms with E-state index in [9.17, 15) is 14.9 Å². The molecule has 0 unspecified atom stereocenters. The first-order chi connectivity index (χ1) is 18.4. The summed E-state index contributed by atoms with van der Waals surface area (Å²) < 4.78 is 7.64. The van der Waals surface area contributed by atoms with E-state index in [4.69, 9.17) is 9.72 Å². The van der Waals surface area contributed by atoms with Gasteiger partial charge in [-0.2, -0.15) is 9.78 Å². The summed E-state index contributed by atoms with van der Waals surface area (Å²) in [6.07, 6.45) is 6.70. The van der Waals surface area contributed by atoms with Gasteiger partial charge in [0.05, 0.1) is 26.5 Å². The minimum atomic E-state index is -0.481. The van der Waals surface area contributed by atoms with Gasteiger partial charge in [-0.05, 0) is 59.5 Å². The number of aromatic nitrogens is 2. The third-order valence-electron chi connectivity index (χ3n) is 6.78. The number of aryl methyl sites for hydroxylation is 1. The third-order valence-corrected chi connectivity index (χ3v) is 7.37. The van der Waals surface area contributed by atoms with E-state index in [1.54, 1.807) is 18.2 Å². The first kappa shape index (κ1) is 25.8. The minimum absolute atomic E-state index is 0.136. The topological polar surface area (TPSA) is 99.6 Å². The molecular formula is C29H27BrN4O4. The lowest BCUT2D eigenvalue weighted by molar-refractivity contribution is -0.386. The molecule has 1 saturated carbocycles. The lowest BCUT2D eigenvalue weighted by atomic mass is 9.88. The summed E-state index contributed by atoms with van der Waals surface area (Å²) in [6.45, 7) is 2.17. The molecule has 0 amide bonds. The zero-order valence-electron chi connectivity index (χ0n) is 21.0. The van der Waals surface area contributed by atoms with Crippen LogP contribution in [0.2, 0.25) is 0 Å². The average Bonchev–Trinajstić information content (AvgIpc) is 2.92. The molecule has 0 bridgehead atoms. The highest BCUT2D eigenvalue weighted by molar-refractivity contribution is 9.10. The van der Waals surface area contributed by atoms with Crippen LogP contribution in [0.25, 0.3) is 10.9 Å². The molecule has 1 heterocycles. The summed E-state index contributed by atoms with van der Waals surface area (Å²) in [5.74, 6) is 0.911. The van der Waals surface area contributed by atoms with Crippen molar-refractivity contribution < 1.29 is 9.66 Å². The number of nitrogens with zero attached hydrogens (tertiary/aromatic N) is 4. The van der Waals surface area contributed by atoms with Crippen molar-refractivity contribution in [2.75, 3.05) is 0 Å². The van der Waals surface area contributed by atoms with Crippen molar-refractivity contribution in [2.45, 2.75) is 51.6 Å². The number of ether oxygens (including phenoxy) is 1. The second-order valence-electron chi connectivity index (χ2n) is 9.57. The van der Waals surface area contributed by atoms with Crippen LogP contribution in [0.3, 0.4) is 0 Å². The van der Waals surface area contributed by atoms with Crippen molar-refractivity contribution in [3.05, 3.63) is 108 Å². The van der Waals surface area contributed by atoms with E-state index < -0.39 is 4.92 Å². The molecule has 3 aromatic carbocycles. The molecule has 0 aliphatic heterocycles. The van der Waals surface area contributed by atoms with Crippen molar-refractivity contribution in [1.29, 1.82) is 0 Å². The quantitative estimate of drug-likeness (QED) is 0.136. The van der Waals surface area contributed by atoms with Crippen LogP contribution in [0.1, 0.15) is 60.5 Å². The number of hydrogen-bond acceptors (Lipinski definition) is 6.